The third-order valence-electron chi connectivity index (χ3n) is 7.09. The second-order valence-corrected chi connectivity index (χ2v) is 9.22. The number of carbonyl (C=O) groups excluding carboxylic acids is 3. The van der Waals surface area contributed by atoms with Crippen LogP contribution in [-0.4, -0.2) is 47.3 Å². The topological polar surface area (TPSA) is 113 Å². The van der Waals surface area contributed by atoms with E-state index >= 15 is 0 Å². The van der Waals surface area contributed by atoms with Gasteiger partial charge in [-0.2, -0.15) is 5.26 Å². The number of allylic oxidation sites excluding steroid dienone is 1. The van der Waals surface area contributed by atoms with Gasteiger partial charge in [-0.3, -0.25) is 9.59 Å². The van der Waals surface area contributed by atoms with Gasteiger partial charge in [0.15, 0.2) is 5.78 Å². The smallest absolute Gasteiger partial charge is 0.341 e. The van der Waals surface area contributed by atoms with Crippen LogP contribution in [0.3, 0.4) is 0 Å². The van der Waals surface area contributed by atoms with E-state index in [9.17, 15) is 14.4 Å². The van der Waals surface area contributed by atoms with Gasteiger partial charge in [-0.25, -0.2) is 4.79 Å². The third kappa shape index (κ3) is 5.35. The molecule has 0 bridgehead atoms. The highest BCUT2D eigenvalue weighted by molar-refractivity contribution is 6.17. The predicted molar refractivity (Wildman–Crippen MR) is 116 cm³/mol. The molecule has 1 saturated heterocycles. The number of piperidine rings is 1. The zero-order valence-electron chi connectivity index (χ0n) is 18.8. The van der Waals surface area contributed by atoms with Crippen LogP contribution in [-0.2, 0) is 19.1 Å². The zero-order valence-corrected chi connectivity index (χ0v) is 18.8. The van der Waals surface area contributed by atoms with Crippen LogP contribution in [0.25, 0.3) is 0 Å². The number of esters is 1. The van der Waals surface area contributed by atoms with Crippen LogP contribution in [0.2, 0.25) is 0 Å². The van der Waals surface area contributed by atoms with Crippen LogP contribution in [0.5, 0.6) is 0 Å². The van der Waals surface area contributed by atoms with Crippen LogP contribution >= 0.6 is 0 Å². The van der Waals surface area contributed by atoms with Crippen molar-refractivity contribution in [1.82, 2.24) is 4.90 Å². The lowest BCUT2D eigenvalue weighted by molar-refractivity contribution is -0.140. The Kier molecular flexibility index (Phi) is 7.88. The first kappa shape index (κ1) is 23.5. The number of hydrogen-bond donors (Lipinski definition) is 1. The van der Waals surface area contributed by atoms with Crippen molar-refractivity contribution in [2.24, 2.45) is 17.6 Å². The normalized spacial score (nSPS) is 27.6. The summed E-state index contributed by atoms with van der Waals surface area (Å²) in [6, 6.07) is 2.01. The van der Waals surface area contributed by atoms with Gasteiger partial charge in [0.1, 0.15) is 11.6 Å². The van der Waals surface area contributed by atoms with Gasteiger partial charge in [-0.05, 0) is 77.0 Å². The van der Waals surface area contributed by atoms with Crippen molar-refractivity contribution in [2.45, 2.75) is 96.2 Å². The molecule has 0 aromatic rings. The van der Waals surface area contributed by atoms with E-state index in [1.54, 1.807) is 11.8 Å². The van der Waals surface area contributed by atoms with E-state index in [4.69, 9.17) is 15.7 Å². The Balaban J connectivity index is 0.000000180. The molecule has 0 spiro atoms. The fraction of sp³-hybridized carbons (Fsp3) is 0.750. The zero-order chi connectivity index (χ0) is 22.5. The minimum atomic E-state index is -0.447. The van der Waals surface area contributed by atoms with E-state index in [0.29, 0.717) is 30.1 Å². The first-order valence-electron chi connectivity index (χ1n) is 11.8. The molecule has 31 heavy (non-hydrogen) atoms. The molecular formula is C24H35N3O4. The van der Waals surface area contributed by atoms with E-state index in [1.807, 2.05) is 0 Å². The summed E-state index contributed by atoms with van der Waals surface area (Å²) in [6.45, 7) is 3.50. The molecule has 3 saturated carbocycles. The van der Waals surface area contributed by atoms with Crippen LogP contribution in [0.1, 0.15) is 78.1 Å². The van der Waals surface area contributed by atoms with Crippen LogP contribution in [0.15, 0.2) is 11.1 Å². The maximum Gasteiger partial charge on any atom is 0.341 e. The number of nitriles is 1. The molecular weight excluding hydrogens is 394 g/mol. The number of amides is 1. The van der Waals surface area contributed by atoms with Gasteiger partial charge in [-0.1, -0.05) is 18.4 Å². The minimum absolute atomic E-state index is 0.0356. The Morgan fingerprint density at radius 1 is 1.16 bits per heavy atom. The molecule has 0 aromatic heterocycles. The number of carbonyl (C=O) groups is 3. The lowest BCUT2D eigenvalue weighted by Gasteiger charge is -2.28. The highest BCUT2D eigenvalue weighted by atomic mass is 16.5. The van der Waals surface area contributed by atoms with Gasteiger partial charge >= 0.3 is 5.97 Å². The fourth-order valence-corrected chi connectivity index (χ4v) is 5.37. The molecule has 4 rings (SSSR count). The quantitative estimate of drug-likeness (QED) is 0.311. The van der Waals surface area contributed by atoms with Crippen molar-refractivity contribution in [3.63, 3.8) is 0 Å². The number of likely N-dealkylation sites (tertiary alicyclic amines) is 1. The number of hydrogen-bond acceptors (Lipinski definition) is 6. The van der Waals surface area contributed by atoms with E-state index in [0.717, 1.165) is 56.9 Å². The Morgan fingerprint density at radius 2 is 1.81 bits per heavy atom. The van der Waals surface area contributed by atoms with Crippen LogP contribution in [0.4, 0.5) is 0 Å². The maximum atomic E-state index is 12.4. The maximum absolute atomic E-state index is 12.4. The molecule has 0 radical (unpaired) electrons. The summed E-state index contributed by atoms with van der Waals surface area (Å²) in [5, 5.41) is 9.09. The summed E-state index contributed by atoms with van der Waals surface area (Å²) in [7, 11) is 0. The Bertz CT molecular complexity index is 770. The molecule has 0 aromatic carbocycles. The molecule has 1 heterocycles. The number of rotatable bonds is 5. The molecule has 7 nitrogen and oxygen atoms in total. The molecule has 7 heteroatoms. The second kappa shape index (κ2) is 10.4. The standard InChI is InChI=1S/C13H19N3O.C11H16O3/c14-7-10-5-9-6-11(9)16(10)13(17)12(15)8-3-1-2-4-8;1-3-14-11(13)10(8(2)12)9-6-4-5-7-9/h8-12H,1-6,15H2;3-7H2,1-2H3/t9-,10+,11+,12+;/m1./s1. The van der Waals surface area contributed by atoms with Gasteiger partial charge in [0, 0.05) is 6.04 Å². The van der Waals surface area contributed by atoms with Crippen molar-refractivity contribution in [2.75, 3.05) is 6.61 Å². The van der Waals surface area contributed by atoms with Crippen molar-refractivity contribution < 1.29 is 19.1 Å². The molecule has 4 atom stereocenters. The molecule has 3 aliphatic carbocycles. The predicted octanol–water partition coefficient (Wildman–Crippen LogP) is 3.03. The number of nitrogens with zero attached hydrogens (tertiary/aromatic N) is 2. The van der Waals surface area contributed by atoms with Gasteiger partial charge in [0.05, 0.1) is 18.7 Å². The summed E-state index contributed by atoms with van der Waals surface area (Å²) in [4.78, 5) is 36.9. The molecule has 4 aliphatic rings. The van der Waals surface area contributed by atoms with Crippen LogP contribution in [0, 0.1) is 23.2 Å². The van der Waals surface area contributed by atoms with Crippen molar-refractivity contribution in [3.8, 4) is 6.07 Å². The second-order valence-electron chi connectivity index (χ2n) is 9.22. The summed E-state index contributed by atoms with van der Waals surface area (Å²) >= 11 is 0. The third-order valence-corrected chi connectivity index (χ3v) is 7.09. The SMILES string of the molecule is CCOC(=O)C(C(C)=O)=C1CCCC1.N#C[C@@H]1C[C@@H]2C[C@@H]2N1C(=O)[C@@H](N)C1CCCC1. The number of Topliss-reactive ketones (excluding diaryl/α,β-unsaturated/α-hetero) is 1. The lowest BCUT2D eigenvalue weighted by Crippen LogP contribution is -2.50. The van der Waals surface area contributed by atoms with Gasteiger partial charge in [0.25, 0.3) is 0 Å². The van der Waals surface area contributed by atoms with Crippen molar-refractivity contribution >= 4 is 17.7 Å². The average molecular weight is 430 g/mol. The van der Waals surface area contributed by atoms with E-state index in [1.165, 1.54) is 19.8 Å². The molecule has 2 N–H and O–H groups in total. The van der Waals surface area contributed by atoms with Gasteiger partial charge in [-0.15, -0.1) is 0 Å². The highest BCUT2D eigenvalue weighted by Crippen LogP contribution is 2.48. The Morgan fingerprint density at radius 3 is 2.35 bits per heavy atom. The molecule has 4 fully saturated rings. The van der Waals surface area contributed by atoms with Crippen molar-refractivity contribution in [1.29, 1.82) is 5.26 Å². The Labute approximate surface area is 185 Å². The summed E-state index contributed by atoms with van der Waals surface area (Å²) in [5.41, 5.74) is 7.38. The van der Waals surface area contributed by atoms with Gasteiger partial charge < -0.3 is 15.4 Å². The first-order valence-corrected chi connectivity index (χ1v) is 11.8. The lowest BCUT2D eigenvalue weighted by atomic mass is 9.97. The monoisotopic (exact) mass is 429 g/mol. The van der Waals surface area contributed by atoms with Gasteiger partial charge in [0.2, 0.25) is 5.91 Å². The largest absolute Gasteiger partial charge is 0.462 e. The molecule has 0 unspecified atom stereocenters. The van der Waals surface area contributed by atoms with E-state index in [-0.39, 0.29) is 23.8 Å². The summed E-state index contributed by atoms with van der Waals surface area (Å²) in [5.74, 6) is 0.352. The van der Waals surface area contributed by atoms with E-state index in [2.05, 4.69) is 6.07 Å². The first-order chi connectivity index (χ1) is 14.9. The number of ketones is 1. The molecule has 170 valence electrons. The number of ether oxygens (including phenoxy) is 1. The summed E-state index contributed by atoms with van der Waals surface area (Å²) < 4.78 is 4.86. The fourth-order valence-electron chi connectivity index (χ4n) is 5.37. The average Bonchev–Trinajstić information content (AvgIpc) is 3.21. The molecule has 1 aliphatic heterocycles. The minimum Gasteiger partial charge on any atom is -0.462 e. The number of nitrogens with two attached hydrogens (primary N) is 1. The Hall–Kier alpha value is -2.20. The van der Waals surface area contributed by atoms with Crippen LogP contribution < -0.4 is 5.73 Å². The highest BCUT2D eigenvalue weighted by Gasteiger charge is 2.55. The summed E-state index contributed by atoms with van der Waals surface area (Å²) in [6.07, 6.45) is 10.4. The number of fused-ring (bicyclic) bond motifs is 1. The van der Waals surface area contributed by atoms with Crippen molar-refractivity contribution in [3.05, 3.63) is 11.1 Å². The van der Waals surface area contributed by atoms with E-state index < -0.39 is 5.97 Å². The molecule has 1 amide bonds.